The number of pyridine rings is 1. The van der Waals surface area contributed by atoms with E-state index >= 15 is 0 Å². The number of hydrogen-bond acceptors (Lipinski definition) is 7. The first-order chi connectivity index (χ1) is 13.4. The van der Waals surface area contributed by atoms with Gasteiger partial charge in [0.05, 0.1) is 20.6 Å². The van der Waals surface area contributed by atoms with E-state index in [2.05, 4.69) is 4.98 Å². The van der Waals surface area contributed by atoms with E-state index < -0.39 is 12.1 Å². The second-order valence-electron chi connectivity index (χ2n) is 5.74. The number of aromatic nitrogens is 1. The van der Waals surface area contributed by atoms with Crippen molar-refractivity contribution in [3.63, 3.8) is 0 Å². The van der Waals surface area contributed by atoms with Crippen LogP contribution in [0.25, 0.3) is 10.6 Å². The minimum absolute atomic E-state index is 0.115. The van der Waals surface area contributed by atoms with Gasteiger partial charge in [-0.3, -0.25) is 4.79 Å². The SMILES string of the molecule is CC(=O)Oc1cc(Cl)sc1-c1ccc(OC(=O)OCc2ccccc2)c(C)n1. The Morgan fingerprint density at radius 2 is 1.82 bits per heavy atom. The summed E-state index contributed by atoms with van der Waals surface area (Å²) in [6.07, 6.45) is -0.818. The second kappa shape index (κ2) is 8.86. The molecule has 0 bridgehead atoms. The quantitative estimate of drug-likeness (QED) is 0.516. The fourth-order valence-electron chi connectivity index (χ4n) is 2.37. The molecule has 0 N–H and O–H groups in total. The van der Waals surface area contributed by atoms with Gasteiger partial charge in [-0.15, -0.1) is 11.3 Å². The number of nitrogens with zero attached hydrogens (tertiary/aromatic N) is 1. The zero-order chi connectivity index (χ0) is 20.1. The average molecular weight is 418 g/mol. The highest BCUT2D eigenvalue weighted by molar-refractivity contribution is 7.19. The molecule has 3 rings (SSSR count). The van der Waals surface area contributed by atoms with E-state index in [1.165, 1.54) is 18.3 Å². The minimum atomic E-state index is -0.818. The normalized spacial score (nSPS) is 10.4. The summed E-state index contributed by atoms with van der Waals surface area (Å²) in [5.74, 6) is 0.164. The Hall–Kier alpha value is -2.90. The van der Waals surface area contributed by atoms with E-state index in [9.17, 15) is 9.59 Å². The van der Waals surface area contributed by atoms with Crippen LogP contribution in [-0.4, -0.2) is 17.1 Å². The van der Waals surface area contributed by atoms with Gasteiger partial charge in [0.2, 0.25) is 0 Å². The molecule has 0 aliphatic heterocycles. The minimum Gasteiger partial charge on any atom is -0.429 e. The van der Waals surface area contributed by atoms with Crippen LogP contribution in [-0.2, 0) is 16.1 Å². The number of carbonyl (C=O) groups excluding carboxylic acids is 2. The first-order valence-corrected chi connectivity index (χ1v) is 9.46. The van der Waals surface area contributed by atoms with Crippen molar-refractivity contribution >= 4 is 35.1 Å². The van der Waals surface area contributed by atoms with Crippen molar-refractivity contribution in [2.24, 2.45) is 0 Å². The van der Waals surface area contributed by atoms with Gasteiger partial charge in [0, 0.05) is 13.0 Å². The molecule has 0 fully saturated rings. The molecular formula is C20H16ClNO5S. The summed E-state index contributed by atoms with van der Waals surface area (Å²) in [5, 5.41) is 0. The lowest BCUT2D eigenvalue weighted by Crippen LogP contribution is -2.11. The molecule has 0 spiro atoms. The highest BCUT2D eigenvalue weighted by atomic mass is 35.5. The molecule has 2 heterocycles. The van der Waals surface area contributed by atoms with Crippen molar-refractivity contribution in [3.8, 4) is 22.1 Å². The van der Waals surface area contributed by atoms with Crippen LogP contribution in [0.15, 0.2) is 48.5 Å². The van der Waals surface area contributed by atoms with Gasteiger partial charge in [-0.25, -0.2) is 9.78 Å². The second-order valence-corrected chi connectivity index (χ2v) is 7.43. The molecule has 3 aromatic rings. The molecule has 0 saturated heterocycles. The van der Waals surface area contributed by atoms with Gasteiger partial charge in [-0.05, 0) is 24.6 Å². The van der Waals surface area contributed by atoms with Gasteiger partial charge in [0.15, 0.2) is 11.5 Å². The Morgan fingerprint density at radius 1 is 1.07 bits per heavy atom. The summed E-state index contributed by atoms with van der Waals surface area (Å²) in [6.45, 7) is 3.12. The van der Waals surface area contributed by atoms with E-state index in [-0.39, 0.29) is 12.4 Å². The Kier molecular flexibility index (Phi) is 6.28. The molecule has 144 valence electrons. The Balaban J connectivity index is 1.70. The Labute approximate surface area is 170 Å². The molecule has 0 radical (unpaired) electrons. The maximum Gasteiger partial charge on any atom is 0.514 e. The number of thiophene rings is 1. The molecule has 0 saturated carbocycles. The summed E-state index contributed by atoms with van der Waals surface area (Å²) < 4.78 is 16.0. The average Bonchev–Trinajstić information content (AvgIpc) is 3.02. The number of hydrogen-bond donors (Lipinski definition) is 0. The predicted molar refractivity (Wildman–Crippen MR) is 106 cm³/mol. The van der Waals surface area contributed by atoms with E-state index in [0.29, 0.717) is 26.4 Å². The summed E-state index contributed by atoms with van der Waals surface area (Å²) in [6, 6.07) is 14.1. The molecular weight excluding hydrogens is 402 g/mol. The van der Waals surface area contributed by atoms with Crippen molar-refractivity contribution in [1.82, 2.24) is 4.98 Å². The molecule has 2 aromatic heterocycles. The third kappa shape index (κ3) is 5.09. The van der Waals surface area contributed by atoms with Crippen molar-refractivity contribution in [2.75, 3.05) is 0 Å². The highest BCUT2D eigenvalue weighted by Crippen LogP contribution is 2.40. The van der Waals surface area contributed by atoms with Crippen LogP contribution in [0.3, 0.4) is 0 Å². The molecule has 0 atom stereocenters. The molecule has 0 amide bonds. The summed E-state index contributed by atoms with van der Waals surface area (Å²) in [7, 11) is 0. The van der Waals surface area contributed by atoms with Gasteiger partial charge < -0.3 is 14.2 Å². The lowest BCUT2D eigenvalue weighted by Gasteiger charge is -2.09. The number of ether oxygens (including phenoxy) is 3. The van der Waals surface area contributed by atoms with Crippen LogP contribution >= 0.6 is 22.9 Å². The van der Waals surface area contributed by atoms with Gasteiger partial charge in [0.1, 0.15) is 6.61 Å². The van der Waals surface area contributed by atoms with Crippen molar-refractivity contribution in [2.45, 2.75) is 20.5 Å². The van der Waals surface area contributed by atoms with E-state index in [1.807, 2.05) is 30.3 Å². The number of halogens is 1. The maximum atomic E-state index is 11.9. The summed E-state index contributed by atoms with van der Waals surface area (Å²) in [4.78, 5) is 28.2. The molecule has 28 heavy (non-hydrogen) atoms. The molecule has 8 heteroatoms. The zero-order valence-corrected chi connectivity index (χ0v) is 16.7. The molecule has 0 unspecified atom stereocenters. The standard InChI is InChI=1S/C20H16ClNO5S/c1-12-16(27-20(24)25-11-14-6-4-3-5-7-14)9-8-15(22-12)19-17(26-13(2)23)10-18(21)28-19/h3-10H,11H2,1-2H3. The highest BCUT2D eigenvalue weighted by Gasteiger charge is 2.17. The Bertz CT molecular complexity index is 1000. The van der Waals surface area contributed by atoms with E-state index in [0.717, 1.165) is 5.56 Å². The fraction of sp³-hybridized carbons (Fsp3) is 0.150. The maximum absolute atomic E-state index is 11.9. The predicted octanol–water partition coefficient (Wildman–Crippen LogP) is 5.41. The lowest BCUT2D eigenvalue weighted by atomic mass is 10.2. The Morgan fingerprint density at radius 3 is 2.50 bits per heavy atom. The summed E-state index contributed by atoms with van der Waals surface area (Å²) in [5.41, 5.74) is 1.89. The monoisotopic (exact) mass is 417 g/mol. The number of benzene rings is 1. The first kappa shape index (κ1) is 19.9. The molecule has 0 aliphatic rings. The zero-order valence-electron chi connectivity index (χ0n) is 15.1. The van der Waals surface area contributed by atoms with Crippen LogP contribution in [0.1, 0.15) is 18.2 Å². The number of carbonyl (C=O) groups is 2. The van der Waals surface area contributed by atoms with Crippen LogP contribution < -0.4 is 9.47 Å². The number of aryl methyl sites for hydroxylation is 1. The third-order valence-corrected chi connectivity index (χ3v) is 4.85. The van der Waals surface area contributed by atoms with Crippen molar-refractivity contribution < 1.29 is 23.8 Å². The molecule has 0 aliphatic carbocycles. The van der Waals surface area contributed by atoms with Crippen LogP contribution in [0, 0.1) is 6.92 Å². The largest absolute Gasteiger partial charge is 0.514 e. The molecule has 6 nitrogen and oxygen atoms in total. The van der Waals surface area contributed by atoms with Crippen LogP contribution in [0.2, 0.25) is 4.34 Å². The van der Waals surface area contributed by atoms with Gasteiger partial charge >= 0.3 is 12.1 Å². The third-order valence-electron chi connectivity index (χ3n) is 3.58. The smallest absolute Gasteiger partial charge is 0.429 e. The first-order valence-electron chi connectivity index (χ1n) is 8.26. The van der Waals surface area contributed by atoms with Gasteiger partial charge in [0.25, 0.3) is 0 Å². The van der Waals surface area contributed by atoms with Gasteiger partial charge in [-0.1, -0.05) is 41.9 Å². The van der Waals surface area contributed by atoms with Crippen LogP contribution in [0.5, 0.6) is 11.5 Å². The topological polar surface area (TPSA) is 74.7 Å². The van der Waals surface area contributed by atoms with Gasteiger partial charge in [-0.2, -0.15) is 0 Å². The van der Waals surface area contributed by atoms with Crippen molar-refractivity contribution in [3.05, 3.63) is 64.1 Å². The van der Waals surface area contributed by atoms with E-state index in [4.69, 9.17) is 25.8 Å². The summed E-state index contributed by atoms with van der Waals surface area (Å²) >= 11 is 7.27. The lowest BCUT2D eigenvalue weighted by molar-refractivity contribution is -0.131. The fourth-order valence-corrected chi connectivity index (χ4v) is 3.48. The number of esters is 1. The van der Waals surface area contributed by atoms with Crippen LogP contribution in [0.4, 0.5) is 4.79 Å². The van der Waals surface area contributed by atoms with E-state index in [1.54, 1.807) is 25.1 Å². The number of rotatable bonds is 5. The molecule has 1 aromatic carbocycles. The van der Waals surface area contributed by atoms with Crippen molar-refractivity contribution in [1.29, 1.82) is 0 Å².